The molecule has 138 valence electrons. The van der Waals surface area contributed by atoms with Crippen molar-refractivity contribution < 1.29 is 9.53 Å². The molecule has 1 heterocycles. The van der Waals surface area contributed by atoms with Crippen LogP contribution in [0, 0.1) is 0 Å². The number of rotatable bonds is 6. The van der Waals surface area contributed by atoms with E-state index in [1.807, 2.05) is 12.1 Å². The zero-order chi connectivity index (χ0) is 19.2. The maximum Gasteiger partial charge on any atom is 0.249 e. The highest BCUT2D eigenvalue weighted by molar-refractivity contribution is 6.31. The third-order valence-corrected chi connectivity index (χ3v) is 3.66. The molecule has 0 fully saturated rings. The molecule has 27 heavy (non-hydrogen) atoms. The highest BCUT2D eigenvalue weighted by atomic mass is 35.5. The number of anilines is 5. The van der Waals surface area contributed by atoms with E-state index in [4.69, 9.17) is 16.3 Å². The Balaban J connectivity index is 1.78. The van der Waals surface area contributed by atoms with Crippen molar-refractivity contribution >= 4 is 46.3 Å². The molecule has 0 saturated carbocycles. The minimum atomic E-state index is -0.141. The summed E-state index contributed by atoms with van der Waals surface area (Å²) in [5, 5.41) is 17.4. The van der Waals surface area contributed by atoms with Crippen LogP contribution < -0.4 is 20.7 Å². The molecule has 0 atom stereocenters. The van der Waals surface area contributed by atoms with Gasteiger partial charge in [-0.05, 0) is 36.4 Å². The van der Waals surface area contributed by atoms with Gasteiger partial charge in [0, 0.05) is 23.3 Å². The Hall–Kier alpha value is -3.39. The summed E-state index contributed by atoms with van der Waals surface area (Å²) in [5.41, 5.74) is 2.04. The van der Waals surface area contributed by atoms with E-state index in [9.17, 15) is 4.79 Å². The smallest absolute Gasteiger partial charge is 0.249 e. The van der Waals surface area contributed by atoms with E-state index in [1.54, 1.807) is 37.4 Å². The quantitative estimate of drug-likeness (QED) is 0.590. The molecule has 8 nitrogen and oxygen atoms in total. The van der Waals surface area contributed by atoms with E-state index in [0.717, 1.165) is 5.69 Å². The van der Waals surface area contributed by atoms with Crippen molar-refractivity contribution in [2.24, 2.45) is 0 Å². The molecule has 9 heteroatoms. The Kier molecular flexibility index (Phi) is 5.68. The second kappa shape index (κ2) is 8.33. The van der Waals surface area contributed by atoms with Crippen molar-refractivity contribution in [1.29, 1.82) is 0 Å². The van der Waals surface area contributed by atoms with Crippen LogP contribution in [0.5, 0.6) is 5.75 Å². The standard InChI is InChI=1S/C18H17ClN6O2/c1-11(26)21-13-4-3-5-14(9-13)22-17-10-20-25-18(24-17)23-15-8-12(19)6-7-16(15)27-2/h3-10H,1-2H3,(H,21,26)(H2,22,23,24,25). The van der Waals surface area contributed by atoms with Gasteiger partial charge in [0.25, 0.3) is 0 Å². The number of nitrogens with zero attached hydrogens (tertiary/aromatic N) is 3. The molecule has 0 spiro atoms. The Morgan fingerprint density at radius 3 is 2.70 bits per heavy atom. The fourth-order valence-corrected chi connectivity index (χ4v) is 2.51. The molecule has 0 aliphatic carbocycles. The van der Waals surface area contributed by atoms with Crippen LogP contribution in [0.1, 0.15) is 6.92 Å². The normalized spacial score (nSPS) is 10.2. The van der Waals surface area contributed by atoms with Gasteiger partial charge in [0.2, 0.25) is 11.9 Å². The Morgan fingerprint density at radius 2 is 1.93 bits per heavy atom. The average Bonchev–Trinajstić information content (AvgIpc) is 2.62. The van der Waals surface area contributed by atoms with E-state index >= 15 is 0 Å². The lowest BCUT2D eigenvalue weighted by Gasteiger charge is -2.11. The topological polar surface area (TPSA) is 101 Å². The van der Waals surface area contributed by atoms with Crippen molar-refractivity contribution in [3.8, 4) is 5.75 Å². The first-order chi connectivity index (χ1) is 13.0. The summed E-state index contributed by atoms with van der Waals surface area (Å²) in [6, 6.07) is 12.4. The molecule has 1 amide bonds. The van der Waals surface area contributed by atoms with Gasteiger partial charge in [-0.15, -0.1) is 5.10 Å². The van der Waals surface area contributed by atoms with Crippen molar-refractivity contribution in [2.45, 2.75) is 6.92 Å². The van der Waals surface area contributed by atoms with Crippen molar-refractivity contribution in [3.63, 3.8) is 0 Å². The third kappa shape index (κ3) is 5.05. The maximum absolute atomic E-state index is 11.2. The predicted molar refractivity (Wildman–Crippen MR) is 105 cm³/mol. The first-order valence-electron chi connectivity index (χ1n) is 7.98. The van der Waals surface area contributed by atoms with Gasteiger partial charge in [-0.25, -0.2) is 0 Å². The molecule has 3 rings (SSSR count). The van der Waals surface area contributed by atoms with Crippen LogP contribution in [0.3, 0.4) is 0 Å². The van der Waals surface area contributed by atoms with E-state index in [1.165, 1.54) is 13.1 Å². The fraction of sp³-hybridized carbons (Fsp3) is 0.111. The number of hydrogen-bond donors (Lipinski definition) is 3. The van der Waals surface area contributed by atoms with Crippen molar-refractivity contribution in [2.75, 3.05) is 23.1 Å². The molecule has 0 radical (unpaired) electrons. The largest absolute Gasteiger partial charge is 0.495 e. The predicted octanol–water partition coefficient (Wildman–Crippen LogP) is 3.98. The van der Waals surface area contributed by atoms with Crippen LogP contribution in [-0.4, -0.2) is 28.2 Å². The highest BCUT2D eigenvalue weighted by Gasteiger charge is 2.08. The van der Waals surface area contributed by atoms with Gasteiger partial charge >= 0.3 is 0 Å². The molecular weight excluding hydrogens is 368 g/mol. The van der Waals surface area contributed by atoms with Gasteiger partial charge in [0.05, 0.1) is 19.0 Å². The molecule has 1 aromatic heterocycles. The average molecular weight is 385 g/mol. The number of halogens is 1. The molecule has 3 aromatic rings. The van der Waals surface area contributed by atoms with Crippen LogP contribution in [0.2, 0.25) is 5.02 Å². The first kappa shape index (κ1) is 18.4. The summed E-state index contributed by atoms with van der Waals surface area (Å²) >= 11 is 6.04. The van der Waals surface area contributed by atoms with Crippen LogP contribution in [0.25, 0.3) is 0 Å². The van der Waals surface area contributed by atoms with Gasteiger partial charge in [0.1, 0.15) is 5.75 Å². The van der Waals surface area contributed by atoms with Crippen molar-refractivity contribution in [1.82, 2.24) is 15.2 Å². The van der Waals surface area contributed by atoms with E-state index in [-0.39, 0.29) is 11.9 Å². The van der Waals surface area contributed by atoms with E-state index < -0.39 is 0 Å². The molecule has 0 saturated heterocycles. The molecule has 2 aromatic carbocycles. The zero-order valence-corrected chi connectivity index (χ0v) is 15.4. The molecular formula is C18H17ClN6O2. The van der Waals surface area contributed by atoms with Gasteiger partial charge in [-0.2, -0.15) is 10.1 Å². The van der Waals surface area contributed by atoms with Gasteiger partial charge in [-0.3, -0.25) is 4.79 Å². The molecule has 0 aliphatic rings. The number of amides is 1. The number of ether oxygens (including phenoxy) is 1. The van der Waals surface area contributed by atoms with Gasteiger partial charge in [0.15, 0.2) is 5.82 Å². The summed E-state index contributed by atoms with van der Waals surface area (Å²) in [4.78, 5) is 15.6. The number of hydrogen-bond acceptors (Lipinski definition) is 7. The first-order valence-corrected chi connectivity index (χ1v) is 8.36. The summed E-state index contributed by atoms with van der Waals surface area (Å²) in [5.74, 6) is 1.22. The number of carbonyl (C=O) groups is 1. The van der Waals surface area contributed by atoms with E-state index in [0.29, 0.717) is 28.0 Å². The Morgan fingerprint density at radius 1 is 1.11 bits per heavy atom. The fourth-order valence-electron chi connectivity index (χ4n) is 2.34. The van der Waals surface area contributed by atoms with Crippen LogP contribution in [0.15, 0.2) is 48.7 Å². The highest BCUT2D eigenvalue weighted by Crippen LogP contribution is 2.29. The number of nitrogens with one attached hydrogen (secondary N) is 3. The van der Waals surface area contributed by atoms with Crippen LogP contribution in [0.4, 0.5) is 28.8 Å². The van der Waals surface area contributed by atoms with E-state index in [2.05, 4.69) is 31.1 Å². The number of aromatic nitrogens is 3. The Labute approximate surface area is 160 Å². The second-order valence-corrected chi connectivity index (χ2v) is 5.96. The minimum Gasteiger partial charge on any atom is -0.495 e. The molecule has 0 unspecified atom stereocenters. The molecule has 0 bridgehead atoms. The lowest BCUT2D eigenvalue weighted by Crippen LogP contribution is -2.06. The van der Waals surface area contributed by atoms with Crippen LogP contribution in [-0.2, 0) is 4.79 Å². The van der Waals surface area contributed by atoms with Crippen molar-refractivity contribution in [3.05, 3.63) is 53.7 Å². The SMILES string of the molecule is COc1ccc(Cl)cc1Nc1nncc(Nc2cccc(NC(C)=O)c2)n1. The summed E-state index contributed by atoms with van der Waals surface area (Å²) in [7, 11) is 1.56. The van der Waals surface area contributed by atoms with Gasteiger partial charge < -0.3 is 20.7 Å². The monoisotopic (exact) mass is 384 g/mol. The van der Waals surface area contributed by atoms with Gasteiger partial charge in [-0.1, -0.05) is 17.7 Å². The third-order valence-electron chi connectivity index (χ3n) is 3.42. The summed E-state index contributed by atoms with van der Waals surface area (Å²) < 4.78 is 5.30. The minimum absolute atomic E-state index is 0.141. The number of methoxy groups -OCH3 is 1. The summed E-state index contributed by atoms with van der Waals surface area (Å²) in [6.07, 6.45) is 1.49. The number of benzene rings is 2. The zero-order valence-electron chi connectivity index (χ0n) is 14.7. The molecule has 3 N–H and O–H groups in total. The van der Waals surface area contributed by atoms with Crippen LogP contribution >= 0.6 is 11.6 Å². The lowest BCUT2D eigenvalue weighted by atomic mass is 10.2. The Bertz CT molecular complexity index is 966. The second-order valence-electron chi connectivity index (χ2n) is 5.52. The number of carbonyl (C=O) groups excluding carboxylic acids is 1. The summed E-state index contributed by atoms with van der Waals surface area (Å²) in [6.45, 7) is 1.45. The molecule has 0 aliphatic heterocycles. The maximum atomic E-state index is 11.2. The lowest BCUT2D eigenvalue weighted by molar-refractivity contribution is -0.114.